The maximum Gasteiger partial charge on any atom is 0.254 e. The third kappa shape index (κ3) is 3.95. The SMILES string of the molecule is CCOc1cccc(C(=O)N2C[C@@H]3CN(Cc4cnc[nH]4)C[C@@H]3[C@@H]2c2ccccc2)c1. The van der Waals surface area contributed by atoms with Gasteiger partial charge in [-0.2, -0.15) is 0 Å². The minimum Gasteiger partial charge on any atom is -0.494 e. The summed E-state index contributed by atoms with van der Waals surface area (Å²) in [6, 6.07) is 18.1. The third-order valence-electron chi connectivity index (χ3n) is 6.48. The van der Waals surface area contributed by atoms with E-state index in [1.54, 1.807) is 6.33 Å². The van der Waals surface area contributed by atoms with Gasteiger partial charge in [0.1, 0.15) is 5.75 Å². The largest absolute Gasteiger partial charge is 0.494 e. The molecule has 3 atom stereocenters. The molecule has 1 aromatic heterocycles. The summed E-state index contributed by atoms with van der Waals surface area (Å²) in [5.41, 5.74) is 3.05. The summed E-state index contributed by atoms with van der Waals surface area (Å²) in [6.45, 7) is 6.17. The normalized spacial score (nSPS) is 23.1. The number of hydrogen-bond donors (Lipinski definition) is 1. The maximum absolute atomic E-state index is 13.6. The minimum atomic E-state index is 0.0845. The standard InChI is InChI=1S/C25H28N4O2/c1-2-31-22-10-6-9-19(11-22)25(30)29-14-20-13-28(15-21-12-26-17-27-21)16-23(20)24(29)18-7-4-3-5-8-18/h3-12,17,20,23-24H,2,13-16H2,1H3,(H,26,27)/t20-,23-,24-/m0/s1. The number of nitrogens with zero attached hydrogens (tertiary/aromatic N) is 3. The Morgan fingerprint density at radius 1 is 1.13 bits per heavy atom. The van der Waals surface area contributed by atoms with Crippen LogP contribution in [-0.4, -0.2) is 51.9 Å². The zero-order valence-corrected chi connectivity index (χ0v) is 17.8. The van der Waals surface area contributed by atoms with Crippen molar-refractivity contribution in [3.05, 3.63) is 83.9 Å². The molecule has 0 radical (unpaired) electrons. The number of ether oxygens (including phenoxy) is 1. The van der Waals surface area contributed by atoms with E-state index in [1.165, 1.54) is 5.56 Å². The van der Waals surface area contributed by atoms with Gasteiger partial charge in [0.05, 0.1) is 19.0 Å². The molecule has 2 aliphatic rings. The molecule has 6 nitrogen and oxygen atoms in total. The summed E-state index contributed by atoms with van der Waals surface area (Å²) < 4.78 is 5.62. The average Bonchev–Trinajstić information content (AvgIpc) is 3.51. The molecule has 1 amide bonds. The Labute approximate surface area is 182 Å². The first-order chi connectivity index (χ1) is 15.2. The fourth-order valence-electron chi connectivity index (χ4n) is 5.22. The van der Waals surface area contributed by atoms with E-state index in [-0.39, 0.29) is 11.9 Å². The van der Waals surface area contributed by atoms with Gasteiger partial charge in [-0.1, -0.05) is 36.4 Å². The van der Waals surface area contributed by atoms with Crippen molar-refractivity contribution in [2.24, 2.45) is 11.8 Å². The van der Waals surface area contributed by atoms with E-state index in [9.17, 15) is 4.79 Å². The van der Waals surface area contributed by atoms with Gasteiger partial charge in [-0.25, -0.2) is 4.98 Å². The smallest absolute Gasteiger partial charge is 0.254 e. The Morgan fingerprint density at radius 3 is 2.77 bits per heavy atom. The lowest BCUT2D eigenvalue weighted by atomic mass is 9.89. The summed E-state index contributed by atoms with van der Waals surface area (Å²) in [7, 11) is 0. The lowest BCUT2D eigenvalue weighted by Gasteiger charge is -2.30. The van der Waals surface area contributed by atoms with Gasteiger partial charge in [0.15, 0.2) is 0 Å². The quantitative estimate of drug-likeness (QED) is 0.665. The minimum absolute atomic E-state index is 0.0845. The van der Waals surface area contributed by atoms with Gasteiger partial charge in [-0.05, 0) is 36.6 Å². The molecule has 6 heteroatoms. The number of fused-ring (bicyclic) bond motifs is 1. The molecule has 2 fully saturated rings. The van der Waals surface area contributed by atoms with Crippen molar-refractivity contribution in [1.82, 2.24) is 19.8 Å². The fraction of sp³-hybridized carbons (Fsp3) is 0.360. The lowest BCUT2D eigenvalue weighted by molar-refractivity contribution is 0.0699. The molecule has 0 saturated carbocycles. The van der Waals surface area contributed by atoms with Crippen molar-refractivity contribution in [3.63, 3.8) is 0 Å². The van der Waals surface area contributed by atoms with Crippen LogP contribution in [0.1, 0.15) is 34.6 Å². The van der Waals surface area contributed by atoms with Crippen molar-refractivity contribution in [2.45, 2.75) is 19.5 Å². The topological polar surface area (TPSA) is 61.5 Å². The highest BCUT2D eigenvalue weighted by Gasteiger charge is 2.49. The number of aromatic nitrogens is 2. The molecule has 0 spiro atoms. The number of benzene rings is 2. The van der Waals surface area contributed by atoms with Crippen molar-refractivity contribution in [1.29, 1.82) is 0 Å². The zero-order valence-electron chi connectivity index (χ0n) is 17.8. The first-order valence-corrected chi connectivity index (χ1v) is 11.0. The average molecular weight is 417 g/mol. The highest BCUT2D eigenvalue weighted by atomic mass is 16.5. The highest BCUT2D eigenvalue weighted by molar-refractivity contribution is 5.95. The van der Waals surface area contributed by atoms with E-state index in [0.717, 1.165) is 37.6 Å². The Kier molecular flexibility index (Phi) is 5.47. The predicted molar refractivity (Wildman–Crippen MR) is 119 cm³/mol. The number of hydrogen-bond acceptors (Lipinski definition) is 4. The van der Waals surface area contributed by atoms with E-state index in [0.29, 0.717) is 24.0 Å². The second-order valence-corrected chi connectivity index (χ2v) is 8.47. The van der Waals surface area contributed by atoms with E-state index < -0.39 is 0 Å². The Bertz CT molecular complexity index is 1020. The molecule has 31 heavy (non-hydrogen) atoms. The van der Waals surface area contributed by atoms with Gasteiger partial charge < -0.3 is 14.6 Å². The first kappa shape index (κ1) is 19.8. The molecule has 0 bridgehead atoms. The van der Waals surface area contributed by atoms with Gasteiger partial charge in [0.25, 0.3) is 5.91 Å². The Hall–Kier alpha value is -3.12. The number of aromatic amines is 1. The molecule has 1 N–H and O–H groups in total. The molecular formula is C25H28N4O2. The summed E-state index contributed by atoms with van der Waals surface area (Å²) >= 11 is 0. The second kappa shape index (κ2) is 8.55. The number of likely N-dealkylation sites (tertiary alicyclic amines) is 2. The van der Waals surface area contributed by atoms with Gasteiger partial charge in [-0.3, -0.25) is 9.69 Å². The van der Waals surface area contributed by atoms with Crippen LogP contribution in [0.2, 0.25) is 0 Å². The molecule has 3 aromatic rings. The van der Waals surface area contributed by atoms with Gasteiger partial charge in [0, 0.05) is 49.6 Å². The highest BCUT2D eigenvalue weighted by Crippen LogP contribution is 2.45. The van der Waals surface area contributed by atoms with Crippen LogP contribution in [0.15, 0.2) is 67.1 Å². The molecule has 2 aromatic carbocycles. The number of carbonyl (C=O) groups is 1. The van der Waals surface area contributed by atoms with E-state index in [4.69, 9.17) is 4.74 Å². The van der Waals surface area contributed by atoms with Crippen molar-refractivity contribution in [3.8, 4) is 5.75 Å². The molecule has 3 heterocycles. The van der Waals surface area contributed by atoms with Crippen LogP contribution in [0.5, 0.6) is 5.75 Å². The zero-order chi connectivity index (χ0) is 21.2. The van der Waals surface area contributed by atoms with E-state index >= 15 is 0 Å². The van der Waals surface area contributed by atoms with Crippen LogP contribution in [0, 0.1) is 11.8 Å². The summed E-state index contributed by atoms with van der Waals surface area (Å²) in [5.74, 6) is 1.72. The molecule has 5 rings (SSSR count). The summed E-state index contributed by atoms with van der Waals surface area (Å²) in [5, 5.41) is 0. The predicted octanol–water partition coefficient (Wildman–Crippen LogP) is 3.75. The maximum atomic E-state index is 13.6. The number of carbonyl (C=O) groups excluding carboxylic acids is 1. The monoisotopic (exact) mass is 416 g/mol. The molecule has 160 valence electrons. The fourth-order valence-corrected chi connectivity index (χ4v) is 5.22. The van der Waals surface area contributed by atoms with Crippen molar-refractivity contribution >= 4 is 5.91 Å². The first-order valence-electron chi connectivity index (χ1n) is 11.0. The van der Waals surface area contributed by atoms with Crippen LogP contribution >= 0.6 is 0 Å². The number of amides is 1. The van der Waals surface area contributed by atoms with Crippen molar-refractivity contribution < 1.29 is 9.53 Å². The Morgan fingerprint density at radius 2 is 2.00 bits per heavy atom. The van der Waals surface area contributed by atoms with Crippen LogP contribution < -0.4 is 4.74 Å². The number of H-pyrrole nitrogens is 1. The van der Waals surface area contributed by atoms with Crippen LogP contribution in [-0.2, 0) is 6.54 Å². The second-order valence-electron chi connectivity index (χ2n) is 8.47. The molecule has 2 aliphatic heterocycles. The lowest BCUT2D eigenvalue weighted by Crippen LogP contribution is -2.35. The molecule has 0 unspecified atom stereocenters. The molecule has 0 aliphatic carbocycles. The Balaban J connectivity index is 1.40. The molecular weight excluding hydrogens is 388 g/mol. The van der Waals surface area contributed by atoms with Gasteiger partial charge >= 0.3 is 0 Å². The number of imidazole rings is 1. The molecule has 2 saturated heterocycles. The van der Waals surface area contributed by atoms with Crippen LogP contribution in [0.3, 0.4) is 0 Å². The van der Waals surface area contributed by atoms with Gasteiger partial charge in [0.2, 0.25) is 0 Å². The third-order valence-corrected chi connectivity index (χ3v) is 6.48. The summed E-state index contributed by atoms with van der Waals surface area (Å²) in [6.07, 6.45) is 3.62. The van der Waals surface area contributed by atoms with E-state index in [2.05, 4.69) is 44.0 Å². The van der Waals surface area contributed by atoms with Gasteiger partial charge in [-0.15, -0.1) is 0 Å². The van der Waals surface area contributed by atoms with Crippen molar-refractivity contribution in [2.75, 3.05) is 26.2 Å². The number of rotatable bonds is 6. The van der Waals surface area contributed by atoms with Crippen LogP contribution in [0.4, 0.5) is 0 Å². The van der Waals surface area contributed by atoms with Crippen LogP contribution in [0.25, 0.3) is 0 Å². The van der Waals surface area contributed by atoms with E-state index in [1.807, 2.05) is 43.5 Å². The number of nitrogens with one attached hydrogen (secondary N) is 1. The summed E-state index contributed by atoms with van der Waals surface area (Å²) in [4.78, 5) is 25.5.